The van der Waals surface area contributed by atoms with Crippen LogP contribution in [0.4, 0.5) is 13.2 Å². The lowest BCUT2D eigenvalue weighted by Gasteiger charge is -2.43. The van der Waals surface area contributed by atoms with E-state index >= 15 is 0 Å². The highest BCUT2D eigenvalue weighted by Gasteiger charge is 2.51. The van der Waals surface area contributed by atoms with E-state index < -0.39 is 28.4 Å². The average molecular weight is 447 g/mol. The van der Waals surface area contributed by atoms with Gasteiger partial charge in [0.05, 0.1) is 23.0 Å². The molecule has 10 heteroatoms. The topological polar surface area (TPSA) is 83.0 Å². The van der Waals surface area contributed by atoms with Crippen molar-refractivity contribution in [3.05, 3.63) is 29.6 Å². The zero-order valence-electron chi connectivity index (χ0n) is 17.0. The van der Waals surface area contributed by atoms with Gasteiger partial charge in [0.15, 0.2) is 5.82 Å². The minimum absolute atomic E-state index is 0.241. The Morgan fingerprint density at radius 1 is 1.37 bits per heavy atom. The highest BCUT2D eigenvalue weighted by atomic mass is 35.5. The van der Waals surface area contributed by atoms with E-state index in [4.69, 9.17) is 22.1 Å². The number of nitrogens with zero attached hydrogens (tertiary/aromatic N) is 3. The lowest BCUT2D eigenvalue weighted by atomic mass is 9.62. The largest absolute Gasteiger partial charge is 0.464 e. The zero-order valence-corrected chi connectivity index (χ0v) is 17.7. The number of hydrogen-bond donors (Lipinski definition) is 1. The van der Waals surface area contributed by atoms with Gasteiger partial charge >= 0.3 is 12.2 Å². The number of alkyl halides is 4. The van der Waals surface area contributed by atoms with Crippen LogP contribution in [-0.2, 0) is 11.3 Å². The molecule has 0 radical (unpaired) electrons. The van der Waals surface area contributed by atoms with Gasteiger partial charge in [0, 0.05) is 6.54 Å². The monoisotopic (exact) mass is 446 g/mol. The Labute approximate surface area is 178 Å². The van der Waals surface area contributed by atoms with E-state index in [9.17, 15) is 18.0 Å². The van der Waals surface area contributed by atoms with Crippen LogP contribution in [-0.4, -0.2) is 38.8 Å². The van der Waals surface area contributed by atoms with Crippen LogP contribution in [0.2, 0.25) is 0 Å². The Morgan fingerprint density at radius 3 is 2.60 bits per heavy atom. The molecule has 0 aliphatic heterocycles. The highest BCUT2D eigenvalue weighted by molar-refractivity contribution is 6.24. The minimum atomic E-state index is -4.56. The number of nitrogens with two attached hydrogens (primary N) is 1. The number of rotatable bonds is 6. The molecule has 2 atom stereocenters. The first-order valence-electron chi connectivity index (χ1n) is 10.0. The number of allylic oxidation sites excluding steroid dienone is 3. The van der Waals surface area contributed by atoms with Crippen LogP contribution < -0.4 is 10.5 Å². The molecule has 6 nitrogen and oxygen atoms in total. The van der Waals surface area contributed by atoms with E-state index in [1.165, 1.54) is 6.08 Å². The molecule has 0 spiro atoms. The molecule has 0 saturated heterocycles. The Kier molecular flexibility index (Phi) is 6.50. The quantitative estimate of drug-likeness (QED) is 0.671. The van der Waals surface area contributed by atoms with Gasteiger partial charge in [0.2, 0.25) is 5.91 Å². The van der Waals surface area contributed by atoms with Crippen molar-refractivity contribution in [1.82, 2.24) is 14.8 Å². The Balaban J connectivity index is 1.76. The third-order valence-electron chi connectivity index (χ3n) is 6.02. The zero-order chi connectivity index (χ0) is 22.1. The first kappa shape index (κ1) is 22.7. The second kappa shape index (κ2) is 8.61. The van der Waals surface area contributed by atoms with E-state index in [1.807, 2.05) is 6.92 Å². The van der Waals surface area contributed by atoms with Gasteiger partial charge in [-0.1, -0.05) is 18.2 Å². The number of aryl methyl sites for hydroxylation is 1. The van der Waals surface area contributed by atoms with Crippen molar-refractivity contribution in [2.45, 2.75) is 57.6 Å². The molecule has 3 rings (SSSR count). The summed E-state index contributed by atoms with van der Waals surface area (Å²) in [7, 11) is 0. The first-order valence-corrected chi connectivity index (χ1v) is 10.5. The molecular formula is C20H26ClF3N4O2. The van der Waals surface area contributed by atoms with Crippen molar-refractivity contribution >= 4 is 17.5 Å². The number of ether oxygens (including phenoxy) is 1. The molecular weight excluding hydrogens is 421 g/mol. The third kappa shape index (κ3) is 4.36. The predicted octanol–water partition coefficient (Wildman–Crippen LogP) is 3.93. The maximum absolute atomic E-state index is 13.3. The molecule has 1 heterocycles. The number of primary amides is 1. The summed E-state index contributed by atoms with van der Waals surface area (Å²) in [5.74, 6) is -0.323. The molecule has 0 aromatic carbocycles. The van der Waals surface area contributed by atoms with Gasteiger partial charge in [-0.25, -0.2) is 4.68 Å². The fourth-order valence-electron chi connectivity index (χ4n) is 4.52. The van der Waals surface area contributed by atoms with Crippen LogP contribution in [0.25, 0.3) is 0 Å². The van der Waals surface area contributed by atoms with E-state index in [-0.39, 0.29) is 11.8 Å². The van der Waals surface area contributed by atoms with Gasteiger partial charge < -0.3 is 10.5 Å². The van der Waals surface area contributed by atoms with Gasteiger partial charge in [-0.05, 0) is 51.4 Å². The minimum Gasteiger partial charge on any atom is -0.464 e. The number of carbonyl (C=O) groups excluding carboxylic acids is 1. The third-order valence-corrected chi connectivity index (χ3v) is 6.53. The summed E-state index contributed by atoms with van der Waals surface area (Å²) in [5.41, 5.74) is 3.21. The summed E-state index contributed by atoms with van der Waals surface area (Å²) in [4.78, 5) is 16.7. The number of amides is 1. The molecule has 1 aromatic heterocycles. The number of halogens is 4. The summed E-state index contributed by atoms with van der Waals surface area (Å²) < 4.78 is 47.2. The summed E-state index contributed by atoms with van der Waals surface area (Å²) in [6, 6.07) is 0.460. The molecule has 0 bridgehead atoms. The van der Waals surface area contributed by atoms with Crippen LogP contribution in [0.3, 0.4) is 0 Å². The number of carbonyl (C=O) groups is 1. The van der Waals surface area contributed by atoms with E-state index in [2.05, 4.69) is 10.1 Å². The van der Waals surface area contributed by atoms with E-state index in [0.29, 0.717) is 50.7 Å². The molecule has 1 aromatic rings. The van der Waals surface area contributed by atoms with Gasteiger partial charge in [-0.15, -0.1) is 11.6 Å². The summed E-state index contributed by atoms with van der Waals surface area (Å²) in [6.07, 6.45) is 1.06. The Morgan fingerprint density at radius 2 is 2.03 bits per heavy atom. The molecule has 1 amide bonds. The molecule has 1 fully saturated rings. The summed E-state index contributed by atoms with van der Waals surface area (Å²) in [5, 5.41) is 3.45. The van der Waals surface area contributed by atoms with Crippen LogP contribution in [0.15, 0.2) is 23.8 Å². The molecule has 2 aliphatic carbocycles. The van der Waals surface area contributed by atoms with Crippen molar-refractivity contribution < 1.29 is 22.7 Å². The Hall–Kier alpha value is -2.03. The fourth-order valence-corrected chi connectivity index (χ4v) is 4.94. The molecule has 2 aliphatic rings. The van der Waals surface area contributed by atoms with Gasteiger partial charge in [-0.3, -0.25) is 4.79 Å². The van der Waals surface area contributed by atoms with Crippen LogP contribution in [0.5, 0.6) is 6.01 Å². The molecule has 1 saturated carbocycles. The van der Waals surface area contributed by atoms with Gasteiger partial charge in [0.1, 0.15) is 0 Å². The standard InChI is InChI=1S/C20H26ClF3N4O2/c1-3-30-18-26-12(2)27-28(18)11-13-4-6-14(7-5-13)19(17(25)29)10-15(20(22,23)24)8-9-16(19)21/h8-10,13-14,16H,3-7,11H2,1-2H3,(H2,25,29). The van der Waals surface area contributed by atoms with Gasteiger partial charge in [0.25, 0.3) is 0 Å². The van der Waals surface area contributed by atoms with E-state index in [0.717, 1.165) is 12.2 Å². The molecule has 30 heavy (non-hydrogen) atoms. The second-order valence-corrected chi connectivity index (χ2v) is 8.40. The fraction of sp³-hybridized carbons (Fsp3) is 0.650. The lowest BCUT2D eigenvalue weighted by molar-refractivity contribution is -0.128. The highest BCUT2D eigenvalue weighted by Crippen LogP contribution is 2.50. The average Bonchev–Trinajstić information content (AvgIpc) is 3.01. The molecule has 166 valence electrons. The maximum Gasteiger partial charge on any atom is 0.416 e. The summed E-state index contributed by atoms with van der Waals surface area (Å²) >= 11 is 6.37. The van der Waals surface area contributed by atoms with Crippen molar-refractivity contribution in [2.75, 3.05) is 6.61 Å². The van der Waals surface area contributed by atoms with Crippen LogP contribution in [0.1, 0.15) is 38.4 Å². The van der Waals surface area contributed by atoms with Crippen molar-refractivity contribution in [3.8, 4) is 6.01 Å². The van der Waals surface area contributed by atoms with Crippen molar-refractivity contribution in [3.63, 3.8) is 0 Å². The SMILES string of the molecule is CCOc1nc(C)nn1CC1CCC(C2(C(N)=O)C=C(C(F)(F)F)C=CC2Cl)CC1. The van der Waals surface area contributed by atoms with Crippen molar-refractivity contribution in [1.29, 1.82) is 0 Å². The summed E-state index contributed by atoms with van der Waals surface area (Å²) in [6.45, 7) is 4.73. The molecule has 2 unspecified atom stereocenters. The first-order chi connectivity index (χ1) is 14.1. The van der Waals surface area contributed by atoms with Crippen LogP contribution >= 0.6 is 11.6 Å². The van der Waals surface area contributed by atoms with E-state index in [1.54, 1.807) is 11.6 Å². The molecule has 2 N–H and O–H groups in total. The van der Waals surface area contributed by atoms with Crippen molar-refractivity contribution in [2.24, 2.45) is 23.0 Å². The predicted molar refractivity (Wildman–Crippen MR) is 106 cm³/mol. The lowest BCUT2D eigenvalue weighted by Crippen LogP contribution is -2.50. The number of aromatic nitrogens is 3. The smallest absolute Gasteiger partial charge is 0.416 e. The Bertz CT molecular complexity index is 844. The number of hydrogen-bond acceptors (Lipinski definition) is 4. The van der Waals surface area contributed by atoms with Gasteiger partial charge in [-0.2, -0.15) is 23.3 Å². The van der Waals surface area contributed by atoms with Crippen LogP contribution in [0, 0.1) is 24.2 Å². The second-order valence-electron chi connectivity index (χ2n) is 7.93. The maximum atomic E-state index is 13.3. The normalized spacial score (nSPS) is 29.5.